The first kappa shape index (κ1) is 16.5. The zero-order valence-electron chi connectivity index (χ0n) is 12.5. The quantitative estimate of drug-likeness (QED) is 0.747. The third-order valence-corrected chi connectivity index (χ3v) is 3.12. The highest BCUT2D eigenvalue weighted by Crippen LogP contribution is 2.28. The molecule has 1 aromatic rings. The Morgan fingerprint density at radius 1 is 1.35 bits per heavy atom. The molecule has 0 bridgehead atoms. The third-order valence-electron chi connectivity index (χ3n) is 3.12. The van der Waals surface area contributed by atoms with E-state index in [2.05, 4.69) is 13.8 Å². The summed E-state index contributed by atoms with van der Waals surface area (Å²) in [4.78, 5) is 13.3. The fourth-order valence-corrected chi connectivity index (χ4v) is 2.39. The molecular weight excluding hydrogens is 254 g/mol. The molecule has 0 aliphatic heterocycles. The standard InChI is InChI=1S/C15H25N3O2/c1-11(2)9-18(10-15(17)19)13(8-16)12-6-4-5-7-14(12)20-3/h4-7,11,13H,8-10,16H2,1-3H3,(H2,17,19). The number of hydrogen-bond donors (Lipinski definition) is 2. The molecule has 0 heterocycles. The average molecular weight is 279 g/mol. The van der Waals surface area contributed by atoms with E-state index in [1.54, 1.807) is 7.11 Å². The van der Waals surface area contributed by atoms with Crippen molar-refractivity contribution in [3.05, 3.63) is 29.8 Å². The number of hydrogen-bond acceptors (Lipinski definition) is 4. The van der Waals surface area contributed by atoms with Crippen LogP contribution < -0.4 is 16.2 Å². The Balaban J connectivity index is 3.07. The van der Waals surface area contributed by atoms with Crippen molar-refractivity contribution in [2.45, 2.75) is 19.9 Å². The van der Waals surface area contributed by atoms with Crippen LogP contribution in [0.25, 0.3) is 0 Å². The molecule has 20 heavy (non-hydrogen) atoms. The zero-order valence-corrected chi connectivity index (χ0v) is 12.5. The molecule has 1 unspecified atom stereocenters. The predicted molar refractivity (Wildman–Crippen MR) is 80.4 cm³/mol. The SMILES string of the molecule is COc1ccccc1C(CN)N(CC(N)=O)CC(C)C. The largest absolute Gasteiger partial charge is 0.496 e. The lowest BCUT2D eigenvalue weighted by molar-refractivity contribution is -0.119. The Labute approximate surface area is 120 Å². The van der Waals surface area contributed by atoms with Crippen LogP contribution >= 0.6 is 0 Å². The van der Waals surface area contributed by atoms with E-state index in [4.69, 9.17) is 16.2 Å². The number of methoxy groups -OCH3 is 1. The Bertz CT molecular complexity index is 435. The second-order valence-electron chi connectivity index (χ2n) is 5.28. The number of primary amides is 1. The number of ether oxygens (including phenoxy) is 1. The molecule has 1 rings (SSSR count). The van der Waals surface area contributed by atoms with Crippen molar-refractivity contribution < 1.29 is 9.53 Å². The Morgan fingerprint density at radius 2 is 2.00 bits per heavy atom. The number of benzene rings is 1. The summed E-state index contributed by atoms with van der Waals surface area (Å²) in [5.74, 6) is 0.846. The Kier molecular flexibility index (Phi) is 6.48. The van der Waals surface area contributed by atoms with Crippen LogP contribution in [0.15, 0.2) is 24.3 Å². The molecule has 5 heteroatoms. The van der Waals surface area contributed by atoms with Crippen LogP contribution in [0.5, 0.6) is 5.75 Å². The number of nitrogens with zero attached hydrogens (tertiary/aromatic N) is 1. The van der Waals surface area contributed by atoms with Crippen LogP contribution in [0, 0.1) is 5.92 Å². The Morgan fingerprint density at radius 3 is 2.50 bits per heavy atom. The van der Waals surface area contributed by atoms with E-state index >= 15 is 0 Å². The topological polar surface area (TPSA) is 81.6 Å². The monoisotopic (exact) mass is 279 g/mol. The number of rotatable bonds is 8. The van der Waals surface area contributed by atoms with Gasteiger partial charge in [0.1, 0.15) is 5.75 Å². The molecule has 1 aromatic carbocycles. The zero-order chi connectivity index (χ0) is 15.1. The summed E-state index contributed by atoms with van der Waals surface area (Å²) in [5.41, 5.74) is 12.3. The summed E-state index contributed by atoms with van der Waals surface area (Å²) in [6.45, 7) is 5.55. The lowest BCUT2D eigenvalue weighted by Crippen LogP contribution is -2.41. The molecule has 112 valence electrons. The predicted octanol–water partition coefficient (Wildman–Crippen LogP) is 1.14. The fourth-order valence-electron chi connectivity index (χ4n) is 2.39. The Hall–Kier alpha value is -1.59. The van der Waals surface area contributed by atoms with Gasteiger partial charge in [-0.1, -0.05) is 32.0 Å². The molecule has 0 aliphatic rings. The van der Waals surface area contributed by atoms with E-state index in [0.29, 0.717) is 12.5 Å². The maximum Gasteiger partial charge on any atom is 0.231 e. The van der Waals surface area contributed by atoms with Gasteiger partial charge in [-0.25, -0.2) is 0 Å². The third kappa shape index (κ3) is 4.51. The number of carbonyl (C=O) groups excluding carboxylic acids is 1. The maximum atomic E-state index is 11.3. The first-order valence-electron chi connectivity index (χ1n) is 6.84. The van der Waals surface area contributed by atoms with Gasteiger partial charge in [0.05, 0.1) is 19.7 Å². The molecule has 4 N–H and O–H groups in total. The second kappa shape index (κ2) is 7.87. The summed E-state index contributed by atoms with van der Waals surface area (Å²) in [7, 11) is 1.63. The average Bonchev–Trinajstić information content (AvgIpc) is 2.38. The minimum atomic E-state index is -0.348. The van der Waals surface area contributed by atoms with Crippen LogP contribution in [0.3, 0.4) is 0 Å². The van der Waals surface area contributed by atoms with Gasteiger partial charge in [0.15, 0.2) is 0 Å². The van der Waals surface area contributed by atoms with Gasteiger partial charge in [-0.05, 0) is 12.0 Å². The first-order valence-corrected chi connectivity index (χ1v) is 6.84. The molecule has 0 saturated heterocycles. The van der Waals surface area contributed by atoms with E-state index in [-0.39, 0.29) is 18.5 Å². The van der Waals surface area contributed by atoms with E-state index in [1.165, 1.54) is 0 Å². The molecule has 0 aliphatic carbocycles. The highest BCUT2D eigenvalue weighted by atomic mass is 16.5. The molecule has 0 fully saturated rings. The van der Waals surface area contributed by atoms with Gasteiger partial charge >= 0.3 is 0 Å². The van der Waals surface area contributed by atoms with Gasteiger partial charge in [-0.2, -0.15) is 0 Å². The minimum absolute atomic E-state index is 0.0824. The van der Waals surface area contributed by atoms with Crippen molar-refractivity contribution in [2.24, 2.45) is 17.4 Å². The summed E-state index contributed by atoms with van der Waals surface area (Å²) in [6, 6.07) is 7.65. The van der Waals surface area contributed by atoms with Crippen LogP contribution in [0.4, 0.5) is 0 Å². The van der Waals surface area contributed by atoms with Gasteiger partial charge in [0, 0.05) is 18.7 Å². The molecular formula is C15H25N3O2. The van der Waals surface area contributed by atoms with Crippen LogP contribution in [-0.4, -0.2) is 37.6 Å². The van der Waals surface area contributed by atoms with Crippen LogP contribution in [-0.2, 0) is 4.79 Å². The normalized spacial score (nSPS) is 12.7. The lowest BCUT2D eigenvalue weighted by Gasteiger charge is -2.32. The minimum Gasteiger partial charge on any atom is -0.496 e. The van der Waals surface area contributed by atoms with Gasteiger partial charge in [-0.15, -0.1) is 0 Å². The summed E-state index contributed by atoms with van der Waals surface area (Å²) < 4.78 is 5.39. The van der Waals surface area contributed by atoms with Gasteiger partial charge in [0.25, 0.3) is 0 Å². The van der Waals surface area contributed by atoms with Gasteiger partial charge < -0.3 is 16.2 Å². The van der Waals surface area contributed by atoms with E-state index < -0.39 is 0 Å². The van der Waals surface area contributed by atoms with Crippen molar-refractivity contribution in [2.75, 3.05) is 26.7 Å². The molecule has 1 atom stereocenters. The van der Waals surface area contributed by atoms with Crippen LogP contribution in [0.1, 0.15) is 25.5 Å². The number of nitrogens with two attached hydrogens (primary N) is 2. The lowest BCUT2D eigenvalue weighted by atomic mass is 10.0. The summed E-state index contributed by atoms with van der Waals surface area (Å²) in [6.07, 6.45) is 0. The van der Waals surface area contributed by atoms with Crippen molar-refractivity contribution in [1.82, 2.24) is 4.90 Å². The molecule has 1 amide bonds. The van der Waals surface area contributed by atoms with Gasteiger partial charge in [0.2, 0.25) is 5.91 Å². The number of para-hydroxylation sites is 1. The first-order chi connectivity index (χ1) is 9.49. The molecule has 0 saturated carbocycles. The van der Waals surface area contributed by atoms with E-state index in [0.717, 1.165) is 17.9 Å². The smallest absolute Gasteiger partial charge is 0.231 e. The highest BCUT2D eigenvalue weighted by molar-refractivity contribution is 5.76. The van der Waals surface area contributed by atoms with Crippen LogP contribution in [0.2, 0.25) is 0 Å². The van der Waals surface area contributed by atoms with Crippen molar-refractivity contribution >= 4 is 5.91 Å². The second-order valence-corrected chi connectivity index (χ2v) is 5.28. The summed E-state index contributed by atoms with van der Waals surface area (Å²) in [5, 5.41) is 0. The van der Waals surface area contributed by atoms with Crippen molar-refractivity contribution in [3.63, 3.8) is 0 Å². The molecule has 5 nitrogen and oxygen atoms in total. The molecule has 0 spiro atoms. The number of carbonyl (C=O) groups is 1. The highest BCUT2D eigenvalue weighted by Gasteiger charge is 2.23. The number of amides is 1. The van der Waals surface area contributed by atoms with E-state index in [1.807, 2.05) is 29.2 Å². The maximum absolute atomic E-state index is 11.3. The molecule has 0 radical (unpaired) electrons. The van der Waals surface area contributed by atoms with Crippen molar-refractivity contribution in [1.29, 1.82) is 0 Å². The van der Waals surface area contributed by atoms with E-state index in [9.17, 15) is 4.79 Å². The fraction of sp³-hybridized carbons (Fsp3) is 0.533. The van der Waals surface area contributed by atoms with Gasteiger partial charge in [-0.3, -0.25) is 9.69 Å². The summed E-state index contributed by atoms with van der Waals surface area (Å²) >= 11 is 0. The van der Waals surface area contributed by atoms with Crippen molar-refractivity contribution in [3.8, 4) is 5.75 Å². The molecule has 0 aromatic heterocycles.